The summed E-state index contributed by atoms with van der Waals surface area (Å²) in [4.78, 5) is 5.01. The predicted octanol–water partition coefficient (Wildman–Crippen LogP) is 1.98. The van der Waals surface area contributed by atoms with Gasteiger partial charge in [-0.05, 0) is 32.4 Å². The third-order valence-electron chi connectivity index (χ3n) is 4.52. The van der Waals surface area contributed by atoms with Gasteiger partial charge in [-0.25, -0.2) is 0 Å². The zero-order valence-electron chi connectivity index (χ0n) is 12.8. The fraction of sp³-hybridized carbons (Fsp3) is 0.750. The van der Waals surface area contributed by atoms with Gasteiger partial charge in [0.25, 0.3) is 0 Å². The number of furan rings is 1. The fourth-order valence-electron chi connectivity index (χ4n) is 2.87. The second-order valence-corrected chi connectivity index (χ2v) is 6.16. The molecular weight excluding hydrogens is 250 g/mol. The van der Waals surface area contributed by atoms with Crippen LogP contribution in [0, 0.1) is 6.92 Å². The van der Waals surface area contributed by atoms with E-state index in [1.807, 2.05) is 0 Å². The summed E-state index contributed by atoms with van der Waals surface area (Å²) in [6.45, 7) is 12.1. The molecule has 1 saturated heterocycles. The number of hydrogen-bond acceptors (Lipinski definition) is 4. The Balaban J connectivity index is 1.50. The molecule has 1 aromatic heterocycles. The molecule has 0 aromatic carbocycles. The first-order valence-corrected chi connectivity index (χ1v) is 8.01. The summed E-state index contributed by atoms with van der Waals surface area (Å²) in [7, 11) is 0. The maximum atomic E-state index is 5.93. The molecule has 0 radical (unpaired) electrons. The SMILES string of the molecule is CCN1CCN(Cc2cc(CNC3CC3)c(C)o2)CC1. The summed E-state index contributed by atoms with van der Waals surface area (Å²) in [5, 5.41) is 3.56. The number of rotatable bonds is 6. The van der Waals surface area contributed by atoms with E-state index >= 15 is 0 Å². The number of nitrogens with zero attached hydrogens (tertiary/aromatic N) is 2. The van der Waals surface area contributed by atoms with Gasteiger partial charge in [0.15, 0.2) is 0 Å². The van der Waals surface area contributed by atoms with E-state index in [0.717, 1.165) is 43.7 Å². The van der Waals surface area contributed by atoms with Crippen molar-refractivity contribution in [1.29, 1.82) is 0 Å². The minimum absolute atomic E-state index is 0.759. The molecule has 1 saturated carbocycles. The Kier molecular flexibility index (Phi) is 4.44. The molecule has 4 nitrogen and oxygen atoms in total. The van der Waals surface area contributed by atoms with Crippen molar-refractivity contribution in [2.45, 2.75) is 45.8 Å². The van der Waals surface area contributed by atoms with Crippen molar-refractivity contribution in [2.24, 2.45) is 0 Å². The molecule has 20 heavy (non-hydrogen) atoms. The van der Waals surface area contributed by atoms with Gasteiger partial charge in [0.1, 0.15) is 11.5 Å². The highest BCUT2D eigenvalue weighted by Gasteiger charge is 2.21. The van der Waals surface area contributed by atoms with Crippen LogP contribution < -0.4 is 5.32 Å². The van der Waals surface area contributed by atoms with Gasteiger partial charge in [-0.15, -0.1) is 0 Å². The zero-order valence-corrected chi connectivity index (χ0v) is 12.8. The van der Waals surface area contributed by atoms with Gasteiger partial charge in [-0.2, -0.15) is 0 Å². The maximum Gasteiger partial charge on any atom is 0.118 e. The van der Waals surface area contributed by atoms with Gasteiger partial charge in [0, 0.05) is 44.3 Å². The van der Waals surface area contributed by atoms with Gasteiger partial charge in [-0.1, -0.05) is 6.92 Å². The van der Waals surface area contributed by atoms with Gasteiger partial charge >= 0.3 is 0 Å². The smallest absolute Gasteiger partial charge is 0.118 e. The molecule has 0 bridgehead atoms. The van der Waals surface area contributed by atoms with Crippen molar-refractivity contribution in [3.05, 3.63) is 23.2 Å². The Morgan fingerprint density at radius 1 is 1.20 bits per heavy atom. The Morgan fingerprint density at radius 3 is 2.55 bits per heavy atom. The van der Waals surface area contributed by atoms with Crippen molar-refractivity contribution in [3.8, 4) is 0 Å². The van der Waals surface area contributed by atoms with E-state index in [-0.39, 0.29) is 0 Å². The molecular formula is C16H27N3O. The number of hydrogen-bond donors (Lipinski definition) is 1. The normalized spacial score (nSPS) is 21.5. The van der Waals surface area contributed by atoms with E-state index in [0.29, 0.717) is 0 Å². The number of likely N-dealkylation sites (N-methyl/N-ethyl adjacent to an activating group) is 1. The third-order valence-corrected chi connectivity index (χ3v) is 4.52. The van der Waals surface area contributed by atoms with Crippen LogP contribution in [0.15, 0.2) is 10.5 Å². The summed E-state index contributed by atoms with van der Waals surface area (Å²) in [5.41, 5.74) is 1.33. The van der Waals surface area contributed by atoms with Crippen LogP contribution in [0.2, 0.25) is 0 Å². The van der Waals surface area contributed by atoms with Gasteiger partial charge in [-0.3, -0.25) is 4.90 Å². The molecule has 0 spiro atoms. The molecule has 112 valence electrons. The Morgan fingerprint density at radius 2 is 1.90 bits per heavy atom. The van der Waals surface area contributed by atoms with E-state index in [9.17, 15) is 0 Å². The second kappa shape index (κ2) is 6.29. The van der Waals surface area contributed by atoms with Gasteiger partial charge in [0.05, 0.1) is 6.54 Å². The average Bonchev–Trinajstić information content (AvgIpc) is 3.22. The summed E-state index contributed by atoms with van der Waals surface area (Å²) in [6.07, 6.45) is 2.68. The molecule has 2 aliphatic rings. The van der Waals surface area contributed by atoms with Gasteiger partial charge in [0.2, 0.25) is 0 Å². The first-order chi connectivity index (χ1) is 9.74. The lowest BCUT2D eigenvalue weighted by molar-refractivity contribution is 0.125. The number of nitrogens with one attached hydrogen (secondary N) is 1. The molecule has 1 aromatic rings. The van der Waals surface area contributed by atoms with Crippen molar-refractivity contribution in [3.63, 3.8) is 0 Å². The third kappa shape index (κ3) is 3.62. The number of piperazine rings is 1. The molecule has 1 aliphatic carbocycles. The molecule has 0 atom stereocenters. The van der Waals surface area contributed by atoms with E-state index in [2.05, 4.69) is 35.0 Å². The molecule has 0 unspecified atom stereocenters. The first-order valence-electron chi connectivity index (χ1n) is 8.01. The van der Waals surface area contributed by atoms with Crippen LogP contribution in [0.5, 0.6) is 0 Å². The second-order valence-electron chi connectivity index (χ2n) is 6.16. The van der Waals surface area contributed by atoms with Crippen molar-refractivity contribution < 1.29 is 4.42 Å². The van der Waals surface area contributed by atoms with Crippen molar-refractivity contribution in [1.82, 2.24) is 15.1 Å². The average molecular weight is 277 g/mol. The van der Waals surface area contributed by atoms with E-state index in [1.54, 1.807) is 0 Å². The zero-order chi connectivity index (χ0) is 13.9. The Bertz CT molecular complexity index is 431. The topological polar surface area (TPSA) is 31.6 Å². The lowest BCUT2D eigenvalue weighted by atomic mass is 10.2. The van der Waals surface area contributed by atoms with E-state index in [4.69, 9.17) is 4.42 Å². The highest BCUT2D eigenvalue weighted by molar-refractivity contribution is 5.21. The molecule has 2 heterocycles. The van der Waals surface area contributed by atoms with Crippen LogP contribution in [-0.4, -0.2) is 48.6 Å². The molecule has 4 heteroatoms. The lowest BCUT2D eigenvalue weighted by Crippen LogP contribution is -2.45. The van der Waals surface area contributed by atoms with E-state index in [1.165, 1.54) is 38.0 Å². The minimum atomic E-state index is 0.759. The molecule has 2 fully saturated rings. The summed E-state index contributed by atoms with van der Waals surface area (Å²) < 4.78 is 5.93. The molecule has 1 aliphatic heterocycles. The van der Waals surface area contributed by atoms with Crippen LogP contribution >= 0.6 is 0 Å². The highest BCUT2D eigenvalue weighted by atomic mass is 16.3. The van der Waals surface area contributed by atoms with Crippen molar-refractivity contribution >= 4 is 0 Å². The van der Waals surface area contributed by atoms with Gasteiger partial charge < -0.3 is 14.6 Å². The lowest BCUT2D eigenvalue weighted by Gasteiger charge is -2.33. The quantitative estimate of drug-likeness (QED) is 0.861. The molecule has 1 N–H and O–H groups in total. The summed E-state index contributed by atoms with van der Waals surface area (Å²) in [6, 6.07) is 3.01. The molecule has 3 rings (SSSR count). The fourth-order valence-corrected chi connectivity index (χ4v) is 2.87. The Labute approximate surface area is 122 Å². The minimum Gasteiger partial charge on any atom is -0.465 e. The standard InChI is InChI=1S/C16H27N3O/c1-3-18-6-8-19(9-7-18)12-16-10-14(13(2)20-16)11-17-15-4-5-15/h10,15,17H,3-9,11-12H2,1-2H3. The van der Waals surface area contributed by atoms with Crippen LogP contribution in [0.1, 0.15) is 36.8 Å². The predicted molar refractivity (Wildman–Crippen MR) is 80.7 cm³/mol. The number of aryl methyl sites for hydroxylation is 1. The summed E-state index contributed by atoms with van der Waals surface area (Å²) in [5.74, 6) is 2.21. The van der Waals surface area contributed by atoms with Crippen LogP contribution in [0.3, 0.4) is 0 Å². The largest absolute Gasteiger partial charge is 0.465 e. The van der Waals surface area contributed by atoms with Crippen LogP contribution in [0.25, 0.3) is 0 Å². The molecule has 0 amide bonds. The van der Waals surface area contributed by atoms with E-state index < -0.39 is 0 Å². The van der Waals surface area contributed by atoms with Crippen LogP contribution in [-0.2, 0) is 13.1 Å². The highest BCUT2D eigenvalue weighted by Crippen LogP contribution is 2.21. The van der Waals surface area contributed by atoms with Crippen LogP contribution in [0.4, 0.5) is 0 Å². The Hall–Kier alpha value is -0.840. The summed E-state index contributed by atoms with van der Waals surface area (Å²) >= 11 is 0. The van der Waals surface area contributed by atoms with Crippen molar-refractivity contribution in [2.75, 3.05) is 32.7 Å². The monoisotopic (exact) mass is 277 g/mol. The maximum absolute atomic E-state index is 5.93. The first kappa shape index (κ1) is 14.1.